The lowest BCUT2D eigenvalue weighted by Crippen LogP contribution is -2.45. The molecule has 7 nitrogen and oxygen atoms in total. The van der Waals surface area contributed by atoms with Crippen LogP contribution in [0.1, 0.15) is 6.92 Å². The molecule has 0 saturated carbocycles. The first-order valence-corrected chi connectivity index (χ1v) is 7.15. The number of carbonyl (C=O) groups excluding carboxylic acids is 2. The lowest BCUT2D eigenvalue weighted by molar-refractivity contribution is -0.130. The largest absolute Gasteiger partial charge is 0.490 e. The van der Waals surface area contributed by atoms with Crippen molar-refractivity contribution in [2.45, 2.75) is 13.0 Å². The number of urea groups is 1. The zero-order valence-corrected chi connectivity index (χ0v) is 13.3. The topological polar surface area (TPSA) is 73.9 Å². The summed E-state index contributed by atoms with van der Waals surface area (Å²) in [6.07, 6.45) is 0. The van der Waals surface area contributed by atoms with Crippen molar-refractivity contribution in [1.29, 1.82) is 0 Å². The van der Waals surface area contributed by atoms with Gasteiger partial charge in [0.1, 0.15) is 18.4 Å². The van der Waals surface area contributed by atoms with E-state index in [1.54, 1.807) is 27.1 Å². The molecular weight excluding hydrogens is 284 g/mol. The molecule has 0 fully saturated rings. The van der Waals surface area contributed by atoms with Crippen LogP contribution < -0.4 is 20.3 Å². The number of benzene rings is 1. The molecule has 0 bridgehead atoms. The van der Waals surface area contributed by atoms with Crippen LogP contribution in [0.3, 0.4) is 0 Å². The molecule has 0 spiro atoms. The lowest BCUT2D eigenvalue weighted by atomic mass is 10.2. The van der Waals surface area contributed by atoms with Gasteiger partial charge in [-0.3, -0.25) is 4.79 Å². The van der Waals surface area contributed by atoms with Crippen molar-refractivity contribution in [3.63, 3.8) is 0 Å². The van der Waals surface area contributed by atoms with Crippen LogP contribution in [0.4, 0.5) is 16.2 Å². The van der Waals surface area contributed by atoms with Crippen molar-refractivity contribution in [2.24, 2.45) is 0 Å². The molecule has 1 aliphatic heterocycles. The SMILES string of the molecule is C[C@H](NC(=O)Nc1ccc2c(c1)N(C)CCO2)C(=O)N(C)C. The number of nitrogens with zero attached hydrogens (tertiary/aromatic N) is 2. The number of nitrogens with one attached hydrogen (secondary N) is 2. The van der Waals surface area contributed by atoms with Crippen molar-refractivity contribution in [3.05, 3.63) is 18.2 Å². The first-order chi connectivity index (χ1) is 10.4. The standard InChI is InChI=1S/C15H22N4O3/c1-10(14(20)18(2)3)16-15(21)17-11-5-6-13-12(9-11)19(4)7-8-22-13/h5-6,9-10H,7-8H2,1-4H3,(H2,16,17,21)/t10-/m0/s1. The van der Waals surface area contributed by atoms with E-state index in [1.807, 2.05) is 19.2 Å². The van der Waals surface area contributed by atoms with Crippen molar-refractivity contribution >= 4 is 23.3 Å². The van der Waals surface area contributed by atoms with Gasteiger partial charge >= 0.3 is 6.03 Å². The zero-order valence-electron chi connectivity index (χ0n) is 13.3. The summed E-state index contributed by atoms with van der Waals surface area (Å²) in [6.45, 7) is 3.11. The van der Waals surface area contributed by atoms with E-state index in [2.05, 4.69) is 15.5 Å². The van der Waals surface area contributed by atoms with Gasteiger partial charge in [-0.1, -0.05) is 0 Å². The second-order valence-electron chi connectivity index (χ2n) is 5.51. The monoisotopic (exact) mass is 306 g/mol. The Morgan fingerprint density at radius 2 is 2.09 bits per heavy atom. The summed E-state index contributed by atoms with van der Waals surface area (Å²) in [5, 5.41) is 5.35. The number of rotatable bonds is 3. The fraction of sp³-hybridized carbons (Fsp3) is 0.467. The molecule has 0 aliphatic carbocycles. The number of carbonyl (C=O) groups is 2. The summed E-state index contributed by atoms with van der Waals surface area (Å²) < 4.78 is 5.56. The Bertz CT molecular complexity index is 574. The number of hydrogen-bond acceptors (Lipinski definition) is 4. The molecule has 1 heterocycles. The molecular formula is C15H22N4O3. The highest BCUT2D eigenvalue weighted by atomic mass is 16.5. The van der Waals surface area contributed by atoms with E-state index < -0.39 is 12.1 Å². The summed E-state index contributed by atoms with van der Waals surface area (Å²) in [7, 11) is 5.28. The van der Waals surface area contributed by atoms with E-state index in [0.717, 1.165) is 18.0 Å². The van der Waals surface area contributed by atoms with Gasteiger partial charge < -0.3 is 25.2 Å². The molecule has 7 heteroatoms. The summed E-state index contributed by atoms with van der Waals surface area (Å²) in [5.74, 6) is 0.643. The Balaban J connectivity index is 2.00. The van der Waals surface area contributed by atoms with Gasteiger partial charge in [0.25, 0.3) is 0 Å². The molecule has 2 rings (SSSR count). The normalized spacial score (nSPS) is 14.5. The summed E-state index contributed by atoms with van der Waals surface area (Å²) in [6, 6.07) is 4.46. The Kier molecular flexibility index (Phi) is 4.75. The number of fused-ring (bicyclic) bond motifs is 1. The maximum absolute atomic E-state index is 12.0. The van der Waals surface area contributed by atoms with Gasteiger partial charge in [0.05, 0.1) is 12.2 Å². The first kappa shape index (κ1) is 15.9. The molecule has 1 aromatic rings. The maximum Gasteiger partial charge on any atom is 0.319 e. The lowest BCUT2D eigenvalue weighted by Gasteiger charge is -2.28. The van der Waals surface area contributed by atoms with Crippen LogP contribution in [0.5, 0.6) is 5.75 Å². The van der Waals surface area contributed by atoms with Gasteiger partial charge in [0.15, 0.2) is 0 Å². The molecule has 1 aromatic carbocycles. The highest BCUT2D eigenvalue weighted by Crippen LogP contribution is 2.33. The fourth-order valence-corrected chi connectivity index (χ4v) is 2.24. The number of anilines is 2. The Hall–Kier alpha value is -2.44. The average Bonchev–Trinajstić information content (AvgIpc) is 2.47. The minimum absolute atomic E-state index is 0.159. The first-order valence-electron chi connectivity index (χ1n) is 7.15. The van der Waals surface area contributed by atoms with Crippen LogP contribution in [-0.2, 0) is 4.79 Å². The Morgan fingerprint density at radius 3 is 2.77 bits per heavy atom. The highest BCUT2D eigenvalue weighted by Gasteiger charge is 2.18. The van der Waals surface area contributed by atoms with E-state index >= 15 is 0 Å². The molecule has 3 amide bonds. The number of likely N-dealkylation sites (N-methyl/N-ethyl adjacent to an activating group) is 2. The third kappa shape index (κ3) is 3.60. The number of amides is 3. The van der Waals surface area contributed by atoms with Gasteiger partial charge in [-0.15, -0.1) is 0 Å². The van der Waals surface area contributed by atoms with E-state index in [0.29, 0.717) is 12.3 Å². The maximum atomic E-state index is 12.0. The van der Waals surface area contributed by atoms with Crippen molar-refractivity contribution in [3.8, 4) is 5.75 Å². The quantitative estimate of drug-likeness (QED) is 0.877. The second-order valence-corrected chi connectivity index (χ2v) is 5.51. The number of ether oxygens (including phenoxy) is 1. The van der Waals surface area contributed by atoms with Gasteiger partial charge in [-0.25, -0.2) is 4.79 Å². The summed E-state index contributed by atoms with van der Waals surface area (Å²) >= 11 is 0. The van der Waals surface area contributed by atoms with Crippen LogP contribution >= 0.6 is 0 Å². The van der Waals surface area contributed by atoms with Crippen LogP contribution in [0.25, 0.3) is 0 Å². The van der Waals surface area contributed by atoms with Gasteiger partial charge in [-0.05, 0) is 25.1 Å². The van der Waals surface area contributed by atoms with Crippen molar-refractivity contribution < 1.29 is 14.3 Å². The van der Waals surface area contributed by atoms with Crippen LogP contribution in [-0.4, -0.2) is 57.2 Å². The Morgan fingerprint density at radius 1 is 1.36 bits per heavy atom. The third-order valence-corrected chi connectivity index (χ3v) is 3.47. The zero-order chi connectivity index (χ0) is 16.3. The van der Waals surface area contributed by atoms with Crippen LogP contribution in [0.2, 0.25) is 0 Å². The molecule has 22 heavy (non-hydrogen) atoms. The predicted octanol–water partition coefficient (Wildman–Crippen LogP) is 1.11. The fourth-order valence-electron chi connectivity index (χ4n) is 2.24. The summed E-state index contributed by atoms with van der Waals surface area (Å²) in [4.78, 5) is 27.2. The van der Waals surface area contributed by atoms with E-state index in [1.165, 1.54) is 4.90 Å². The van der Waals surface area contributed by atoms with Gasteiger partial charge in [0.2, 0.25) is 5.91 Å². The minimum atomic E-state index is -0.585. The van der Waals surface area contributed by atoms with Crippen LogP contribution in [0.15, 0.2) is 18.2 Å². The molecule has 120 valence electrons. The van der Waals surface area contributed by atoms with E-state index in [-0.39, 0.29) is 5.91 Å². The smallest absolute Gasteiger partial charge is 0.319 e. The Labute approximate surface area is 130 Å². The second kappa shape index (κ2) is 6.55. The molecule has 2 N–H and O–H groups in total. The molecule has 1 aliphatic rings. The van der Waals surface area contributed by atoms with Crippen molar-refractivity contribution in [2.75, 3.05) is 44.5 Å². The predicted molar refractivity (Wildman–Crippen MR) is 85.5 cm³/mol. The summed E-state index contributed by atoms with van der Waals surface area (Å²) in [5.41, 5.74) is 1.58. The molecule has 0 radical (unpaired) electrons. The molecule has 0 unspecified atom stereocenters. The van der Waals surface area contributed by atoms with Gasteiger partial charge in [0, 0.05) is 26.8 Å². The average molecular weight is 306 g/mol. The molecule has 0 aromatic heterocycles. The highest BCUT2D eigenvalue weighted by molar-refractivity contribution is 5.94. The molecule has 1 atom stereocenters. The van der Waals surface area contributed by atoms with Crippen LogP contribution in [0, 0.1) is 0 Å². The molecule has 0 saturated heterocycles. The van der Waals surface area contributed by atoms with E-state index in [9.17, 15) is 9.59 Å². The van der Waals surface area contributed by atoms with Gasteiger partial charge in [-0.2, -0.15) is 0 Å². The number of hydrogen-bond donors (Lipinski definition) is 2. The minimum Gasteiger partial charge on any atom is -0.490 e. The van der Waals surface area contributed by atoms with E-state index in [4.69, 9.17) is 4.74 Å². The third-order valence-electron chi connectivity index (χ3n) is 3.47. The van der Waals surface area contributed by atoms with Crippen molar-refractivity contribution in [1.82, 2.24) is 10.2 Å².